The van der Waals surface area contributed by atoms with Gasteiger partial charge in [0.15, 0.2) is 0 Å². The lowest BCUT2D eigenvalue weighted by atomic mass is 9.72. The second-order valence-corrected chi connectivity index (χ2v) is 8.32. The summed E-state index contributed by atoms with van der Waals surface area (Å²) in [5, 5.41) is 0.689. The van der Waals surface area contributed by atoms with E-state index in [2.05, 4.69) is 4.90 Å². The smallest absolute Gasteiger partial charge is 0.337 e. The summed E-state index contributed by atoms with van der Waals surface area (Å²) < 4.78 is 4.72. The Morgan fingerprint density at radius 1 is 0.964 bits per heavy atom. The molecule has 2 aromatic rings. The number of esters is 1. The van der Waals surface area contributed by atoms with Crippen LogP contribution in [0.25, 0.3) is 0 Å². The van der Waals surface area contributed by atoms with Gasteiger partial charge in [-0.15, -0.1) is 0 Å². The number of benzene rings is 2. The topological polar surface area (TPSA) is 49.9 Å². The molecule has 0 bridgehead atoms. The first-order chi connectivity index (χ1) is 13.5. The van der Waals surface area contributed by atoms with E-state index in [4.69, 9.17) is 16.3 Å². The Kier molecular flexibility index (Phi) is 5.13. The third-order valence-electron chi connectivity index (χ3n) is 5.57. The van der Waals surface area contributed by atoms with Crippen LogP contribution >= 0.6 is 11.6 Å². The number of ether oxygens (including phenoxy) is 1. The normalized spacial score (nSPS) is 17.7. The summed E-state index contributed by atoms with van der Waals surface area (Å²) >= 11 is 5.89. The quantitative estimate of drug-likeness (QED) is 0.726. The largest absolute Gasteiger partial charge is 0.465 e. The first-order valence-corrected chi connectivity index (χ1v) is 9.76. The van der Waals surface area contributed by atoms with Crippen molar-refractivity contribution in [2.45, 2.75) is 13.0 Å². The Bertz CT molecular complexity index is 866. The first-order valence-electron chi connectivity index (χ1n) is 9.38. The molecule has 2 aliphatic rings. The van der Waals surface area contributed by atoms with Crippen LogP contribution in [0.2, 0.25) is 5.02 Å². The van der Waals surface area contributed by atoms with Gasteiger partial charge < -0.3 is 9.64 Å². The highest BCUT2D eigenvalue weighted by Crippen LogP contribution is 2.40. The lowest BCUT2D eigenvalue weighted by molar-refractivity contribution is -0.159. The molecule has 146 valence electrons. The maximum absolute atomic E-state index is 12.4. The van der Waals surface area contributed by atoms with Crippen molar-refractivity contribution in [2.24, 2.45) is 5.41 Å². The summed E-state index contributed by atoms with van der Waals surface area (Å²) in [6, 6.07) is 15.0. The van der Waals surface area contributed by atoms with Gasteiger partial charge in [0.2, 0.25) is 5.91 Å². The van der Waals surface area contributed by atoms with Crippen molar-refractivity contribution < 1.29 is 14.3 Å². The van der Waals surface area contributed by atoms with Gasteiger partial charge in [-0.05, 0) is 35.4 Å². The van der Waals surface area contributed by atoms with Crippen molar-refractivity contribution in [2.75, 3.05) is 33.3 Å². The zero-order valence-corrected chi connectivity index (χ0v) is 16.6. The van der Waals surface area contributed by atoms with Gasteiger partial charge in [-0.25, -0.2) is 4.79 Å². The van der Waals surface area contributed by atoms with E-state index in [-0.39, 0.29) is 17.3 Å². The van der Waals surface area contributed by atoms with E-state index >= 15 is 0 Å². The minimum atomic E-state index is -0.313. The van der Waals surface area contributed by atoms with Crippen molar-refractivity contribution in [3.63, 3.8) is 0 Å². The van der Waals surface area contributed by atoms with Gasteiger partial charge in [0.1, 0.15) is 0 Å². The molecule has 2 aliphatic heterocycles. The van der Waals surface area contributed by atoms with Crippen molar-refractivity contribution in [1.29, 1.82) is 0 Å². The van der Waals surface area contributed by atoms with Crippen LogP contribution in [0.4, 0.5) is 0 Å². The Labute approximate surface area is 169 Å². The van der Waals surface area contributed by atoms with E-state index in [1.807, 2.05) is 41.3 Å². The number of hydrogen-bond acceptors (Lipinski definition) is 4. The van der Waals surface area contributed by atoms with Crippen LogP contribution in [-0.2, 0) is 22.5 Å². The Morgan fingerprint density at radius 2 is 1.57 bits per heavy atom. The third kappa shape index (κ3) is 3.91. The van der Waals surface area contributed by atoms with E-state index in [1.165, 1.54) is 12.7 Å². The minimum absolute atomic E-state index is 0.185. The van der Waals surface area contributed by atoms with E-state index in [0.717, 1.165) is 38.3 Å². The van der Waals surface area contributed by atoms with Crippen LogP contribution in [0.5, 0.6) is 0 Å². The van der Waals surface area contributed by atoms with Crippen molar-refractivity contribution in [3.05, 3.63) is 70.2 Å². The SMILES string of the molecule is COC(=O)c1ccc(CN2CC3(C2)CN(C(=O)Cc2ccc(Cl)cc2)C3)cc1. The zero-order chi connectivity index (χ0) is 19.7. The van der Waals surface area contributed by atoms with Gasteiger partial charge in [-0.2, -0.15) is 0 Å². The molecule has 1 spiro atoms. The summed E-state index contributed by atoms with van der Waals surface area (Å²) in [5.41, 5.74) is 3.01. The van der Waals surface area contributed by atoms with Gasteiger partial charge in [0.05, 0.1) is 19.1 Å². The van der Waals surface area contributed by atoms with E-state index < -0.39 is 0 Å². The summed E-state index contributed by atoms with van der Waals surface area (Å²) in [7, 11) is 1.39. The molecule has 2 heterocycles. The lowest BCUT2D eigenvalue weighted by Gasteiger charge is -2.60. The first kappa shape index (κ1) is 19.0. The van der Waals surface area contributed by atoms with E-state index in [1.54, 1.807) is 12.1 Å². The highest BCUT2D eigenvalue weighted by atomic mass is 35.5. The predicted molar refractivity (Wildman–Crippen MR) is 107 cm³/mol. The number of methoxy groups -OCH3 is 1. The molecule has 1 amide bonds. The fourth-order valence-electron chi connectivity index (χ4n) is 4.16. The molecule has 0 unspecified atom stereocenters. The minimum Gasteiger partial charge on any atom is -0.465 e. The number of amides is 1. The maximum atomic E-state index is 12.4. The molecular weight excluding hydrogens is 376 g/mol. The van der Waals surface area contributed by atoms with Crippen molar-refractivity contribution >= 4 is 23.5 Å². The van der Waals surface area contributed by atoms with Crippen LogP contribution in [-0.4, -0.2) is 55.0 Å². The molecule has 0 aromatic heterocycles. The predicted octanol–water partition coefficient (Wildman–Crippen LogP) is 3.01. The monoisotopic (exact) mass is 398 g/mol. The molecule has 0 radical (unpaired) electrons. The third-order valence-corrected chi connectivity index (χ3v) is 5.83. The number of likely N-dealkylation sites (tertiary alicyclic amines) is 2. The van der Waals surface area contributed by atoms with Crippen LogP contribution in [0, 0.1) is 5.41 Å². The van der Waals surface area contributed by atoms with Gasteiger partial charge in [-0.3, -0.25) is 9.69 Å². The van der Waals surface area contributed by atoms with Gasteiger partial charge in [-0.1, -0.05) is 35.9 Å². The average molecular weight is 399 g/mol. The Hall–Kier alpha value is -2.37. The van der Waals surface area contributed by atoms with E-state index in [9.17, 15) is 9.59 Å². The number of rotatable bonds is 5. The summed E-state index contributed by atoms with van der Waals surface area (Å²) in [6.45, 7) is 4.57. The second-order valence-electron chi connectivity index (χ2n) is 7.89. The Balaban J connectivity index is 1.22. The molecular formula is C22H23ClN2O3. The standard InChI is InChI=1S/C22H23ClN2O3/c1-28-21(27)18-6-2-17(3-7-18)11-24-12-22(13-24)14-25(15-22)20(26)10-16-4-8-19(23)9-5-16/h2-9H,10-15H2,1H3. The van der Waals surface area contributed by atoms with Crippen molar-refractivity contribution in [3.8, 4) is 0 Å². The van der Waals surface area contributed by atoms with Gasteiger partial charge in [0.25, 0.3) is 0 Å². The molecule has 0 atom stereocenters. The number of halogens is 1. The highest BCUT2D eigenvalue weighted by molar-refractivity contribution is 6.30. The molecule has 2 saturated heterocycles. The number of nitrogens with zero attached hydrogens (tertiary/aromatic N) is 2. The molecule has 6 heteroatoms. The van der Waals surface area contributed by atoms with Crippen LogP contribution in [0.1, 0.15) is 21.5 Å². The Morgan fingerprint density at radius 3 is 2.18 bits per heavy atom. The van der Waals surface area contributed by atoms with Gasteiger partial charge in [0, 0.05) is 43.2 Å². The average Bonchev–Trinajstić information content (AvgIpc) is 2.64. The summed E-state index contributed by atoms with van der Waals surface area (Å²) in [4.78, 5) is 28.3. The molecule has 0 aliphatic carbocycles. The number of hydrogen-bond donors (Lipinski definition) is 0. The highest BCUT2D eigenvalue weighted by Gasteiger charge is 2.52. The van der Waals surface area contributed by atoms with Gasteiger partial charge >= 0.3 is 5.97 Å². The van der Waals surface area contributed by atoms with E-state index in [0.29, 0.717) is 17.0 Å². The fraction of sp³-hybridized carbons (Fsp3) is 0.364. The number of carbonyl (C=O) groups is 2. The molecule has 2 aromatic carbocycles. The lowest BCUT2D eigenvalue weighted by Crippen LogP contribution is -2.72. The molecule has 4 rings (SSSR count). The molecule has 2 fully saturated rings. The summed E-state index contributed by atoms with van der Waals surface area (Å²) in [6.07, 6.45) is 0.434. The van der Waals surface area contributed by atoms with Crippen LogP contribution in [0.3, 0.4) is 0 Å². The second kappa shape index (κ2) is 7.57. The molecule has 0 N–H and O–H groups in total. The molecule has 5 nitrogen and oxygen atoms in total. The van der Waals surface area contributed by atoms with Crippen LogP contribution in [0.15, 0.2) is 48.5 Å². The zero-order valence-electron chi connectivity index (χ0n) is 15.9. The summed E-state index contributed by atoms with van der Waals surface area (Å²) in [5.74, 6) is -0.128. The van der Waals surface area contributed by atoms with Crippen molar-refractivity contribution in [1.82, 2.24) is 9.80 Å². The maximum Gasteiger partial charge on any atom is 0.337 e. The van der Waals surface area contributed by atoms with Crippen LogP contribution < -0.4 is 0 Å². The molecule has 28 heavy (non-hydrogen) atoms. The molecule has 0 saturated carbocycles. The number of carbonyl (C=O) groups excluding carboxylic acids is 2. The fourth-order valence-corrected chi connectivity index (χ4v) is 4.29.